The number of Topliss-reactive ketones (excluding diaryl/α,β-unsaturated/α-hetero) is 1. The van der Waals surface area contributed by atoms with Gasteiger partial charge in [-0.1, -0.05) is 36.4 Å². The van der Waals surface area contributed by atoms with Crippen molar-refractivity contribution in [3.63, 3.8) is 0 Å². The summed E-state index contributed by atoms with van der Waals surface area (Å²) in [5.41, 5.74) is 1.26. The van der Waals surface area contributed by atoms with Gasteiger partial charge in [0.15, 0.2) is 0 Å². The van der Waals surface area contributed by atoms with E-state index in [1.807, 2.05) is 24.3 Å². The molecule has 1 heteroatoms. The molecule has 0 aliphatic carbocycles. The molecule has 1 rings (SSSR count). The van der Waals surface area contributed by atoms with E-state index in [1.165, 1.54) is 5.56 Å². The van der Waals surface area contributed by atoms with E-state index >= 15 is 0 Å². The van der Waals surface area contributed by atoms with Gasteiger partial charge in [0.25, 0.3) is 0 Å². The van der Waals surface area contributed by atoms with Crippen molar-refractivity contribution in [2.24, 2.45) is 0 Å². The first-order chi connectivity index (χ1) is 7.24. The lowest BCUT2D eigenvalue weighted by molar-refractivity contribution is -0.117. The van der Waals surface area contributed by atoms with Crippen molar-refractivity contribution in [3.8, 4) is 0 Å². The number of ketones is 1. The molecule has 0 aliphatic heterocycles. The van der Waals surface area contributed by atoms with Crippen LogP contribution >= 0.6 is 0 Å². The van der Waals surface area contributed by atoms with Gasteiger partial charge >= 0.3 is 0 Å². The van der Waals surface area contributed by atoms with Crippen molar-refractivity contribution in [1.82, 2.24) is 0 Å². The number of rotatable bonds is 6. The Labute approximate surface area is 91.8 Å². The highest BCUT2D eigenvalue weighted by atomic mass is 16.1. The molecule has 0 heterocycles. The molecule has 1 aromatic rings. The average Bonchev–Trinajstić information content (AvgIpc) is 2.25. The Bertz CT molecular complexity index is 313. The van der Waals surface area contributed by atoms with Gasteiger partial charge in [0, 0.05) is 6.42 Å². The van der Waals surface area contributed by atoms with Crippen LogP contribution in [0.3, 0.4) is 0 Å². The van der Waals surface area contributed by atoms with Crippen LogP contribution in [0.15, 0.2) is 43.0 Å². The minimum absolute atomic E-state index is 0.257. The highest BCUT2D eigenvalue weighted by molar-refractivity contribution is 5.76. The van der Waals surface area contributed by atoms with E-state index in [0.717, 1.165) is 12.8 Å². The molecular weight excluding hydrogens is 184 g/mol. The molecule has 1 aromatic carbocycles. The fourth-order valence-corrected chi connectivity index (χ4v) is 1.78. The predicted octanol–water partition coefficient (Wildman–Crippen LogP) is 3.72. The van der Waals surface area contributed by atoms with Crippen molar-refractivity contribution in [3.05, 3.63) is 48.6 Å². The number of hydrogen-bond acceptors (Lipinski definition) is 1. The molecule has 0 aliphatic rings. The largest absolute Gasteiger partial charge is 0.300 e. The van der Waals surface area contributed by atoms with Gasteiger partial charge in [-0.2, -0.15) is 0 Å². The molecule has 0 spiro atoms. The van der Waals surface area contributed by atoms with E-state index in [1.54, 1.807) is 6.92 Å². The van der Waals surface area contributed by atoms with Gasteiger partial charge in [0.2, 0.25) is 0 Å². The zero-order valence-corrected chi connectivity index (χ0v) is 9.28. The minimum atomic E-state index is 0.257. The summed E-state index contributed by atoms with van der Waals surface area (Å²) in [6.45, 7) is 5.38. The van der Waals surface area contributed by atoms with Crippen LogP contribution in [0.4, 0.5) is 0 Å². The van der Waals surface area contributed by atoms with Gasteiger partial charge in [-0.3, -0.25) is 0 Å². The third-order valence-corrected chi connectivity index (χ3v) is 2.52. The molecule has 0 saturated heterocycles. The van der Waals surface area contributed by atoms with E-state index in [9.17, 15) is 4.79 Å². The molecule has 0 bridgehead atoms. The van der Waals surface area contributed by atoms with Gasteiger partial charge in [-0.15, -0.1) is 6.58 Å². The summed E-state index contributed by atoms with van der Waals surface area (Å²) >= 11 is 0. The summed E-state index contributed by atoms with van der Waals surface area (Å²) in [4.78, 5) is 11.2. The second-order valence-electron chi connectivity index (χ2n) is 3.88. The Kier molecular flexibility index (Phi) is 4.82. The molecule has 1 unspecified atom stereocenters. The standard InChI is InChI=1S/C14H18O/c1-3-4-8-14(11-12(2)15)13-9-6-5-7-10-13/h3,5-7,9-10,14H,1,4,8,11H2,2H3. The van der Waals surface area contributed by atoms with E-state index in [0.29, 0.717) is 12.3 Å². The van der Waals surface area contributed by atoms with Crippen molar-refractivity contribution in [1.29, 1.82) is 0 Å². The molecule has 0 amide bonds. The van der Waals surface area contributed by atoms with E-state index in [2.05, 4.69) is 18.7 Å². The molecule has 0 fully saturated rings. The van der Waals surface area contributed by atoms with E-state index in [4.69, 9.17) is 0 Å². The second kappa shape index (κ2) is 6.18. The first-order valence-electron chi connectivity index (χ1n) is 5.39. The Hall–Kier alpha value is -1.37. The Morgan fingerprint density at radius 3 is 2.60 bits per heavy atom. The third kappa shape index (κ3) is 4.11. The fourth-order valence-electron chi connectivity index (χ4n) is 1.78. The summed E-state index contributed by atoms with van der Waals surface area (Å²) < 4.78 is 0. The first-order valence-corrected chi connectivity index (χ1v) is 5.39. The summed E-state index contributed by atoms with van der Waals surface area (Å²) in [5.74, 6) is 0.606. The molecule has 80 valence electrons. The lowest BCUT2D eigenvalue weighted by atomic mass is 9.90. The smallest absolute Gasteiger partial charge is 0.130 e. The van der Waals surface area contributed by atoms with Crippen LogP contribution in [0.1, 0.15) is 37.7 Å². The maximum atomic E-state index is 11.2. The highest BCUT2D eigenvalue weighted by Gasteiger charge is 2.12. The van der Waals surface area contributed by atoms with Crippen LogP contribution in [0.5, 0.6) is 0 Å². The fraction of sp³-hybridized carbons (Fsp3) is 0.357. The highest BCUT2D eigenvalue weighted by Crippen LogP contribution is 2.25. The quantitative estimate of drug-likeness (QED) is 0.642. The van der Waals surface area contributed by atoms with Gasteiger partial charge in [0.05, 0.1) is 0 Å². The molecule has 0 saturated carbocycles. The van der Waals surface area contributed by atoms with Crippen LogP contribution in [-0.2, 0) is 4.79 Å². The van der Waals surface area contributed by atoms with Crippen molar-refractivity contribution < 1.29 is 4.79 Å². The summed E-state index contributed by atoms with van der Waals surface area (Å²) in [6, 6.07) is 10.2. The molecular formula is C14H18O. The molecule has 1 atom stereocenters. The lowest BCUT2D eigenvalue weighted by Crippen LogP contribution is -2.04. The zero-order valence-electron chi connectivity index (χ0n) is 9.28. The van der Waals surface area contributed by atoms with E-state index in [-0.39, 0.29) is 5.78 Å². The average molecular weight is 202 g/mol. The number of allylic oxidation sites excluding steroid dienone is 1. The van der Waals surface area contributed by atoms with E-state index < -0.39 is 0 Å². The summed E-state index contributed by atoms with van der Waals surface area (Å²) in [5, 5.41) is 0. The summed E-state index contributed by atoms with van der Waals surface area (Å²) in [6.07, 6.45) is 4.52. The lowest BCUT2D eigenvalue weighted by Gasteiger charge is -2.14. The summed E-state index contributed by atoms with van der Waals surface area (Å²) in [7, 11) is 0. The Balaban J connectivity index is 2.71. The van der Waals surface area contributed by atoms with Crippen molar-refractivity contribution >= 4 is 5.78 Å². The number of hydrogen-bond donors (Lipinski definition) is 0. The van der Waals surface area contributed by atoms with Crippen LogP contribution in [0, 0.1) is 0 Å². The maximum Gasteiger partial charge on any atom is 0.130 e. The van der Waals surface area contributed by atoms with Crippen molar-refractivity contribution in [2.75, 3.05) is 0 Å². The first kappa shape index (κ1) is 11.7. The van der Waals surface area contributed by atoms with Crippen LogP contribution < -0.4 is 0 Å². The number of benzene rings is 1. The monoisotopic (exact) mass is 202 g/mol. The molecule has 0 N–H and O–H groups in total. The number of carbonyl (C=O) groups is 1. The van der Waals surface area contributed by atoms with Gasteiger partial charge in [-0.05, 0) is 31.2 Å². The molecule has 15 heavy (non-hydrogen) atoms. The Morgan fingerprint density at radius 1 is 1.40 bits per heavy atom. The van der Waals surface area contributed by atoms with Crippen LogP contribution in [0.25, 0.3) is 0 Å². The van der Waals surface area contributed by atoms with Gasteiger partial charge in [0.1, 0.15) is 5.78 Å². The second-order valence-corrected chi connectivity index (χ2v) is 3.88. The van der Waals surface area contributed by atoms with Gasteiger partial charge < -0.3 is 4.79 Å². The van der Waals surface area contributed by atoms with Crippen LogP contribution in [-0.4, -0.2) is 5.78 Å². The molecule has 0 radical (unpaired) electrons. The zero-order chi connectivity index (χ0) is 11.1. The topological polar surface area (TPSA) is 17.1 Å². The Morgan fingerprint density at radius 2 is 2.07 bits per heavy atom. The van der Waals surface area contributed by atoms with Crippen LogP contribution in [0.2, 0.25) is 0 Å². The molecule has 0 aromatic heterocycles. The van der Waals surface area contributed by atoms with Gasteiger partial charge in [-0.25, -0.2) is 0 Å². The molecule has 1 nitrogen and oxygen atoms in total. The SMILES string of the molecule is C=CCCC(CC(C)=O)c1ccccc1. The predicted molar refractivity (Wildman–Crippen MR) is 63.9 cm³/mol. The maximum absolute atomic E-state index is 11.2. The third-order valence-electron chi connectivity index (χ3n) is 2.52. The normalized spacial score (nSPS) is 12.1. The minimum Gasteiger partial charge on any atom is -0.300 e. The number of carbonyl (C=O) groups excluding carboxylic acids is 1. The van der Waals surface area contributed by atoms with Crippen molar-refractivity contribution in [2.45, 2.75) is 32.1 Å².